The van der Waals surface area contributed by atoms with Gasteiger partial charge in [0, 0.05) is 0 Å². The molecule has 3 rings (SSSR count). The Morgan fingerprint density at radius 1 is 0.952 bits per heavy atom. The summed E-state index contributed by atoms with van der Waals surface area (Å²) in [6.45, 7) is 0.808. The quantitative estimate of drug-likeness (QED) is 0.841. The summed E-state index contributed by atoms with van der Waals surface area (Å²) in [6, 6.07) is 17.9. The van der Waals surface area contributed by atoms with Gasteiger partial charge in [-0.2, -0.15) is 0 Å². The molecule has 1 atom stereocenters. The van der Waals surface area contributed by atoms with Crippen LogP contribution in [-0.2, 0) is 19.3 Å². The van der Waals surface area contributed by atoms with Gasteiger partial charge < -0.3 is 5.73 Å². The van der Waals surface area contributed by atoms with Gasteiger partial charge in [0.05, 0.1) is 0 Å². The summed E-state index contributed by atoms with van der Waals surface area (Å²) in [5.74, 6) is 0.707. The molecular weight excluding hydrogens is 254 g/mol. The van der Waals surface area contributed by atoms with Crippen molar-refractivity contribution >= 4 is 0 Å². The number of hydrogen-bond acceptors (Lipinski definition) is 1. The molecular formula is C20H25N. The first-order chi connectivity index (χ1) is 10.4. The first-order valence-corrected chi connectivity index (χ1v) is 8.22. The fourth-order valence-electron chi connectivity index (χ4n) is 3.54. The van der Waals surface area contributed by atoms with E-state index in [1.54, 1.807) is 11.1 Å². The fourth-order valence-corrected chi connectivity index (χ4v) is 3.54. The Morgan fingerprint density at radius 2 is 1.76 bits per heavy atom. The molecule has 0 saturated heterocycles. The average Bonchev–Trinajstić information content (AvgIpc) is 2.92. The van der Waals surface area contributed by atoms with Crippen LogP contribution < -0.4 is 5.73 Å². The molecule has 2 N–H and O–H groups in total. The van der Waals surface area contributed by atoms with Crippen LogP contribution in [0.5, 0.6) is 0 Å². The van der Waals surface area contributed by atoms with E-state index in [1.165, 1.54) is 43.2 Å². The average molecular weight is 279 g/mol. The summed E-state index contributed by atoms with van der Waals surface area (Å²) in [6.07, 6.45) is 7.25. The first kappa shape index (κ1) is 14.3. The minimum absolute atomic E-state index is 0.707. The van der Waals surface area contributed by atoms with Gasteiger partial charge in [0.2, 0.25) is 0 Å². The monoisotopic (exact) mass is 279 g/mol. The predicted octanol–water partition coefficient (Wildman–Crippen LogP) is 4.24. The lowest BCUT2D eigenvalue weighted by atomic mass is 9.94. The molecule has 0 fully saturated rings. The molecule has 1 heteroatoms. The van der Waals surface area contributed by atoms with E-state index < -0.39 is 0 Å². The highest BCUT2D eigenvalue weighted by molar-refractivity contribution is 5.38. The standard InChI is InChI=1S/C20H25N/c21-14-13-19-12-11-18-10-9-17(15-20(18)19)8-4-7-16-5-2-1-3-6-16/h1-3,5-6,9-10,15,19H,4,7-8,11-14,21H2. The SMILES string of the molecule is NCCC1CCc2ccc(CCCc3ccccc3)cc21. The van der Waals surface area contributed by atoms with Crippen LogP contribution in [0.3, 0.4) is 0 Å². The number of rotatable bonds is 6. The summed E-state index contributed by atoms with van der Waals surface area (Å²) < 4.78 is 0. The van der Waals surface area contributed by atoms with Crippen LogP contribution in [0.25, 0.3) is 0 Å². The van der Waals surface area contributed by atoms with Crippen molar-refractivity contribution in [2.75, 3.05) is 6.54 Å². The molecule has 21 heavy (non-hydrogen) atoms. The van der Waals surface area contributed by atoms with Crippen molar-refractivity contribution in [3.05, 3.63) is 70.8 Å². The highest BCUT2D eigenvalue weighted by atomic mass is 14.5. The van der Waals surface area contributed by atoms with Crippen LogP contribution in [0.2, 0.25) is 0 Å². The van der Waals surface area contributed by atoms with Gasteiger partial charge in [-0.05, 0) is 73.2 Å². The van der Waals surface area contributed by atoms with E-state index in [2.05, 4.69) is 48.5 Å². The Kier molecular flexibility index (Phi) is 4.72. The van der Waals surface area contributed by atoms with Gasteiger partial charge >= 0.3 is 0 Å². The van der Waals surface area contributed by atoms with E-state index in [4.69, 9.17) is 5.73 Å². The number of hydrogen-bond donors (Lipinski definition) is 1. The molecule has 0 aliphatic heterocycles. The fraction of sp³-hybridized carbons (Fsp3) is 0.400. The third-order valence-corrected chi connectivity index (χ3v) is 4.70. The molecule has 110 valence electrons. The number of nitrogens with two attached hydrogens (primary N) is 1. The van der Waals surface area contributed by atoms with Crippen molar-refractivity contribution in [3.8, 4) is 0 Å². The summed E-state index contributed by atoms with van der Waals surface area (Å²) >= 11 is 0. The molecule has 1 aliphatic carbocycles. The van der Waals surface area contributed by atoms with E-state index in [-0.39, 0.29) is 0 Å². The van der Waals surface area contributed by atoms with Crippen molar-refractivity contribution in [1.82, 2.24) is 0 Å². The molecule has 2 aromatic rings. The lowest BCUT2D eigenvalue weighted by Gasteiger charge is -2.11. The highest BCUT2D eigenvalue weighted by Gasteiger charge is 2.21. The summed E-state index contributed by atoms with van der Waals surface area (Å²) in [7, 11) is 0. The zero-order chi connectivity index (χ0) is 14.5. The molecule has 1 nitrogen and oxygen atoms in total. The summed E-state index contributed by atoms with van der Waals surface area (Å²) in [4.78, 5) is 0. The lowest BCUT2D eigenvalue weighted by molar-refractivity contribution is 0.627. The van der Waals surface area contributed by atoms with Crippen LogP contribution in [0, 0.1) is 0 Å². The van der Waals surface area contributed by atoms with Crippen molar-refractivity contribution in [2.45, 2.75) is 44.4 Å². The Labute approximate surface area is 128 Å². The topological polar surface area (TPSA) is 26.0 Å². The Morgan fingerprint density at radius 3 is 2.57 bits per heavy atom. The van der Waals surface area contributed by atoms with E-state index in [0.717, 1.165) is 13.0 Å². The molecule has 0 amide bonds. The molecule has 0 radical (unpaired) electrons. The van der Waals surface area contributed by atoms with Crippen LogP contribution in [0.4, 0.5) is 0 Å². The summed E-state index contributed by atoms with van der Waals surface area (Å²) in [5.41, 5.74) is 11.8. The smallest absolute Gasteiger partial charge is 0.00714 e. The molecule has 0 heterocycles. The van der Waals surface area contributed by atoms with Crippen LogP contribution in [0.1, 0.15) is 47.4 Å². The normalized spacial score (nSPS) is 16.9. The number of benzene rings is 2. The van der Waals surface area contributed by atoms with Crippen LogP contribution >= 0.6 is 0 Å². The van der Waals surface area contributed by atoms with Crippen molar-refractivity contribution in [2.24, 2.45) is 5.73 Å². The Hall–Kier alpha value is -1.60. The maximum absolute atomic E-state index is 5.75. The van der Waals surface area contributed by atoms with Crippen molar-refractivity contribution < 1.29 is 0 Å². The second-order valence-electron chi connectivity index (χ2n) is 6.19. The third kappa shape index (κ3) is 3.54. The van der Waals surface area contributed by atoms with Crippen LogP contribution in [-0.4, -0.2) is 6.54 Å². The maximum atomic E-state index is 5.75. The van der Waals surface area contributed by atoms with Gasteiger partial charge in [-0.15, -0.1) is 0 Å². The molecule has 0 aromatic heterocycles. The highest BCUT2D eigenvalue weighted by Crippen LogP contribution is 2.35. The minimum atomic E-state index is 0.707. The molecule has 2 aromatic carbocycles. The van der Waals surface area contributed by atoms with E-state index in [1.807, 2.05) is 0 Å². The summed E-state index contributed by atoms with van der Waals surface area (Å²) in [5, 5.41) is 0. The number of aryl methyl sites for hydroxylation is 3. The largest absolute Gasteiger partial charge is 0.330 e. The Balaban J connectivity index is 1.60. The molecule has 0 bridgehead atoms. The van der Waals surface area contributed by atoms with Crippen molar-refractivity contribution in [1.29, 1.82) is 0 Å². The third-order valence-electron chi connectivity index (χ3n) is 4.70. The second kappa shape index (κ2) is 6.91. The maximum Gasteiger partial charge on any atom is -0.00714 e. The molecule has 1 unspecified atom stereocenters. The molecule has 0 saturated carbocycles. The minimum Gasteiger partial charge on any atom is -0.330 e. The predicted molar refractivity (Wildman–Crippen MR) is 89.6 cm³/mol. The van der Waals surface area contributed by atoms with Gasteiger partial charge in [-0.25, -0.2) is 0 Å². The second-order valence-corrected chi connectivity index (χ2v) is 6.19. The van der Waals surface area contributed by atoms with Crippen LogP contribution in [0.15, 0.2) is 48.5 Å². The van der Waals surface area contributed by atoms with Crippen molar-refractivity contribution in [3.63, 3.8) is 0 Å². The van der Waals surface area contributed by atoms with Gasteiger partial charge in [0.1, 0.15) is 0 Å². The zero-order valence-electron chi connectivity index (χ0n) is 12.7. The van der Waals surface area contributed by atoms with E-state index in [0.29, 0.717) is 5.92 Å². The Bertz CT molecular complexity index is 572. The van der Waals surface area contributed by atoms with Gasteiger partial charge in [0.25, 0.3) is 0 Å². The van der Waals surface area contributed by atoms with Gasteiger partial charge in [0.15, 0.2) is 0 Å². The van der Waals surface area contributed by atoms with Gasteiger partial charge in [-0.1, -0.05) is 48.5 Å². The zero-order valence-corrected chi connectivity index (χ0v) is 12.7. The first-order valence-electron chi connectivity index (χ1n) is 8.22. The van der Waals surface area contributed by atoms with Gasteiger partial charge in [-0.3, -0.25) is 0 Å². The molecule has 1 aliphatic rings. The lowest BCUT2D eigenvalue weighted by Crippen LogP contribution is -2.05. The molecule has 0 spiro atoms. The van der Waals surface area contributed by atoms with E-state index in [9.17, 15) is 0 Å². The van der Waals surface area contributed by atoms with E-state index >= 15 is 0 Å². The number of fused-ring (bicyclic) bond motifs is 1.